The molecule has 0 amide bonds. The summed E-state index contributed by atoms with van der Waals surface area (Å²) in [5.41, 5.74) is 2.36. The van der Waals surface area contributed by atoms with Gasteiger partial charge in [0.25, 0.3) is 0 Å². The molecule has 5 heteroatoms. The normalized spacial score (nSPS) is 13.7. The van der Waals surface area contributed by atoms with Crippen molar-refractivity contribution < 1.29 is 23.7 Å². The van der Waals surface area contributed by atoms with Gasteiger partial charge in [0.1, 0.15) is 18.1 Å². The third kappa shape index (κ3) is 3.94. The van der Waals surface area contributed by atoms with Crippen LogP contribution >= 0.6 is 0 Å². The average molecular weight is 388 g/mol. The van der Waals surface area contributed by atoms with Crippen LogP contribution in [0.2, 0.25) is 0 Å². The second-order valence-corrected chi connectivity index (χ2v) is 6.49. The van der Waals surface area contributed by atoms with Crippen LogP contribution in [-0.2, 0) is 6.61 Å². The van der Waals surface area contributed by atoms with Gasteiger partial charge in [0.05, 0.1) is 19.8 Å². The van der Waals surface area contributed by atoms with Gasteiger partial charge in [-0.3, -0.25) is 4.79 Å². The molecule has 29 heavy (non-hydrogen) atoms. The monoisotopic (exact) mass is 388 g/mol. The van der Waals surface area contributed by atoms with Crippen LogP contribution in [0.15, 0.2) is 72.5 Å². The number of carbonyl (C=O) groups excluding carboxylic acids is 1. The predicted molar refractivity (Wildman–Crippen MR) is 110 cm³/mol. The van der Waals surface area contributed by atoms with Crippen LogP contribution < -0.4 is 18.9 Å². The Labute approximate surface area is 169 Å². The Morgan fingerprint density at radius 2 is 1.69 bits per heavy atom. The Kier molecular flexibility index (Phi) is 5.20. The van der Waals surface area contributed by atoms with Crippen LogP contribution in [0.4, 0.5) is 0 Å². The van der Waals surface area contributed by atoms with Gasteiger partial charge < -0.3 is 18.9 Å². The van der Waals surface area contributed by atoms with Gasteiger partial charge in [-0.15, -0.1) is 0 Å². The fraction of sp³-hybridized carbons (Fsp3) is 0.125. The van der Waals surface area contributed by atoms with E-state index >= 15 is 0 Å². The molecular formula is C24H20O5. The molecule has 3 aromatic carbocycles. The summed E-state index contributed by atoms with van der Waals surface area (Å²) in [6.45, 7) is 0.446. The molecule has 1 heterocycles. The molecule has 0 N–H and O–H groups in total. The quantitative estimate of drug-likeness (QED) is 0.562. The largest absolute Gasteiger partial charge is 0.493 e. The second kappa shape index (κ2) is 8.10. The topological polar surface area (TPSA) is 54.0 Å². The van der Waals surface area contributed by atoms with E-state index < -0.39 is 0 Å². The summed E-state index contributed by atoms with van der Waals surface area (Å²) in [5.74, 6) is 2.44. The summed E-state index contributed by atoms with van der Waals surface area (Å²) >= 11 is 0. The third-order valence-electron chi connectivity index (χ3n) is 4.60. The van der Waals surface area contributed by atoms with E-state index in [2.05, 4.69) is 0 Å². The first kappa shape index (κ1) is 18.6. The van der Waals surface area contributed by atoms with E-state index in [1.807, 2.05) is 36.4 Å². The number of hydrogen-bond acceptors (Lipinski definition) is 5. The van der Waals surface area contributed by atoms with E-state index in [9.17, 15) is 4.79 Å². The molecular weight excluding hydrogens is 368 g/mol. The lowest BCUT2D eigenvalue weighted by Crippen LogP contribution is -1.98. The summed E-state index contributed by atoms with van der Waals surface area (Å²) in [6.07, 6.45) is 1.69. The number of carbonyl (C=O) groups is 1. The van der Waals surface area contributed by atoms with Crippen molar-refractivity contribution >= 4 is 11.9 Å². The van der Waals surface area contributed by atoms with Gasteiger partial charge in [0.15, 0.2) is 17.3 Å². The maximum atomic E-state index is 12.7. The fourth-order valence-corrected chi connectivity index (χ4v) is 3.09. The Bertz CT molecular complexity index is 1070. The van der Waals surface area contributed by atoms with Crippen molar-refractivity contribution in [2.75, 3.05) is 14.2 Å². The number of rotatable bonds is 6. The third-order valence-corrected chi connectivity index (χ3v) is 4.60. The van der Waals surface area contributed by atoms with Crippen LogP contribution in [0.5, 0.6) is 23.0 Å². The van der Waals surface area contributed by atoms with Crippen LogP contribution in [0.1, 0.15) is 21.5 Å². The highest BCUT2D eigenvalue weighted by Gasteiger charge is 2.27. The van der Waals surface area contributed by atoms with Gasteiger partial charge in [-0.1, -0.05) is 36.4 Å². The SMILES string of the molecule is COc1ccc(C=C2Oc3cc(OCc4ccccc4)ccc3C2=O)cc1OC. The molecule has 0 aliphatic carbocycles. The molecule has 0 bridgehead atoms. The minimum atomic E-state index is -0.163. The first-order valence-corrected chi connectivity index (χ1v) is 9.15. The van der Waals surface area contributed by atoms with Crippen LogP contribution in [0.3, 0.4) is 0 Å². The number of Topliss-reactive ketones (excluding diaryl/α,β-unsaturated/α-hetero) is 1. The molecule has 4 rings (SSSR count). The summed E-state index contributed by atoms with van der Waals surface area (Å²) in [4.78, 5) is 12.7. The molecule has 0 radical (unpaired) electrons. The number of ether oxygens (including phenoxy) is 4. The van der Waals surface area contributed by atoms with Crippen molar-refractivity contribution in [1.82, 2.24) is 0 Å². The second-order valence-electron chi connectivity index (χ2n) is 6.49. The number of ketones is 1. The van der Waals surface area contributed by atoms with E-state index in [0.717, 1.165) is 11.1 Å². The predicted octanol–water partition coefficient (Wildman–Crippen LogP) is 4.90. The van der Waals surface area contributed by atoms with Gasteiger partial charge in [0, 0.05) is 6.07 Å². The van der Waals surface area contributed by atoms with Crippen molar-refractivity contribution in [2.45, 2.75) is 6.61 Å². The van der Waals surface area contributed by atoms with E-state index in [-0.39, 0.29) is 11.5 Å². The highest BCUT2D eigenvalue weighted by Crippen LogP contribution is 2.36. The van der Waals surface area contributed by atoms with E-state index in [1.54, 1.807) is 50.6 Å². The zero-order valence-corrected chi connectivity index (χ0v) is 16.2. The molecule has 0 unspecified atom stereocenters. The molecule has 0 atom stereocenters. The summed E-state index contributed by atoms with van der Waals surface area (Å²) in [6, 6.07) is 20.6. The maximum Gasteiger partial charge on any atom is 0.231 e. The Balaban J connectivity index is 1.53. The van der Waals surface area contributed by atoms with Gasteiger partial charge >= 0.3 is 0 Å². The first-order valence-electron chi connectivity index (χ1n) is 9.15. The van der Waals surface area contributed by atoms with E-state index in [0.29, 0.717) is 35.2 Å². The molecule has 3 aromatic rings. The summed E-state index contributed by atoms with van der Waals surface area (Å²) in [7, 11) is 3.15. The molecule has 5 nitrogen and oxygen atoms in total. The zero-order chi connectivity index (χ0) is 20.2. The van der Waals surface area contributed by atoms with Crippen LogP contribution in [-0.4, -0.2) is 20.0 Å². The minimum Gasteiger partial charge on any atom is -0.493 e. The molecule has 0 fully saturated rings. The highest BCUT2D eigenvalue weighted by molar-refractivity contribution is 6.14. The maximum absolute atomic E-state index is 12.7. The smallest absolute Gasteiger partial charge is 0.231 e. The van der Waals surface area contributed by atoms with E-state index in [1.165, 1.54) is 0 Å². The number of benzene rings is 3. The molecule has 1 aliphatic rings. The highest BCUT2D eigenvalue weighted by atomic mass is 16.5. The summed E-state index contributed by atoms with van der Waals surface area (Å²) in [5, 5.41) is 0. The number of hydrogen-bond donors (Lipinski definition) is 0. The minimum absolute atomic E-state index is 0.163. The number of allylic oxidation sites excluding steroid dienone is 1. The van der Waals surface area contributed by atoms with Gasteiger partial charge in [0.2, 0.25) is 5.78 Å². The van der Waals surface area contributed by atoms with Crippen molar-refractivity contribution in [2.24, 2.45) is 0 Å². The van der Waals surface area contributed by atoms with Crippen molar-refractivity contribution in [3.05, 3.63) is 89.2 Å². The molecule has 1 aliphatic heterocycles. The lowest BCUT2D eigenvalue weighted by atomic mass is 10.1. The summed E-state index contributed by atoms with van der Waals surface area (Å²) < 4.78 is 22.2. The molecule has 146 valence electrons. The Hall–Kier alpha value is -3.73. The molecule has 0 aromatic heterocycles. The zero-order valence-electron chi connectivity index (χ0n) is 16.2. The lowest BCUT2D eigenvalue weighted by Gasteiger charge is -2.08. The molecule has 0 saturated heterocycles. The van der Waals surface area contributed by atoms with Crippen molar-refractivity contribution in [1.29, 1.82) is 0 Å². The van der Waals surface area contributed by atoms with Gasteiger partial charge in [-0.2, -0.15) is 0 Å². The van der Waals surface area contributed by atoms with Crippen LogP contribution in [0.25, 0.3) is 6.08 Å². The molecule has 0 spiro atoms. The Morgan fingerprint density at radius 1 is 0.897 bits per heavy atom. The Morgan fingerprint density at radius 3 is 2.45 bits per heavy atom. The average Bonchev–Trinajstić information content (AvgIpc) is 3.07. The van der Waals surface area contributed by atoms with Crippen LogP contribution in [0, 0.1) is 0 Å². The van der Waals surface area contributed by atoms with Crippen molar-refractivity contribution in [3.63, 3.8) is 0 Å². The van der Waals surface area contributed by atoms with E-state index in [4.69, 9.17) is 18.9 Å². The molecule has 0 saturated carbocycles. The number of methoxy groups -OCH3 is 2. The number of fused-ring (bicyclic) bond motifs is 1. The van der Waals surface area contributed by atoms with Crippen molar-refractivity contribution in [3.8, 4) is 23.0 Å². The standard InChI is InChI=1S/C24H20O5/c1-26-20-11-8-17(12-22(20)27-2)13-23-24(25)19-10-9-18(14-21(19)29-23)28-15-16-6-4-3-5-7-16/h3-14H,15H2,1-2H3. The first-order chi connectivity index (χ1) is 14.2. The fourth-order valence-electron chi connectivity index (χ4n) is 3.09. The van der Waals surface area contributed by atoms with Gasteiger partial charge in [-0.05, 0) is 41.5 Å². The lowest BCUT2D eigenvalue weighted by molar-refractivity contribution is 0.101. The van der Waals surface area contributed by atoms with Gasteiger partial charge in [-0.25, -0.2) is 0 Å².